The van der Waals surface area contributed by atoms with E-state index in [0.29, 0.717) is 36.7 Å². The topological polar surface area (TPSA) is 80.0 Å². The number of para-hydroxylation sites is 2. The molecule has 1 heterocycles. The Kier molecular flexibility index (Phi) is 7.66. The second-order valence-corrected chi connectivity index (χ2v) is 7.26. The van der Waals surface area contributed by atoms with Crippen LogP contribution in [-0.2, 0) is 6.54 Å². The van der Waals surface area contributed by atoms with Crippen molar-refractivity contribution in [2.45, 2.75) is 13.5 Å². The summed E-state index contributed by atoms with van der Waals surface area (Å²) in [6.07, 6.45) is -0.974. The zero-order valence-electron chi connectivity index (χ0n) is 17.3. The van der Waals surface area contributed by atoms with Gasteiger partial charge < -0.3 is 9.84 Å². The van der Waals surface area contributed by atoms with E-state index >= 15 is 0 Å². The molecule has 0 atom stereocenters. The molecule has 0 spiro atoms. The van der Waals surface area contributed by atoms with Crippen molar-refractivity contribution < 1.29 is 14.6 Å². The standard InChI is InChI=1S/C23H28N4O3/c1-2-30-22-9-4-3-8-21(22)27(23(28)29)15-14-25-10-12-26(13-11-25)18-20-7-5-6-19(16-20)17-24/h3-9,16H,2,10-15,18H2,1H3,(H,28,29). The molecule has 1 N–H and O–H groups in total. The quantitative estimate of drug-likeness (QED) is 0.722. The van der Waals surface area contributed by atoms with Crippen LogP contribution >= 0.6 is 0 Å². The third-order valence-electron chi connectivity index (χ3n) is 5.25. The average molecular weight is 409 g/mol. The normalized spacial score (nSPS) is 14.8. The molecule has 2 aromatic rings. The highest BCUT2D eigenvalue weighted by Crippen LogP contribution is 2.28. The van der Waals surface area contributed by atoms with Crippen LogP contribution in [0.2, 0.25) is 0 Å². The lowest BCUT2D eigenvalue weighted by molar-refractivity contribution is 0.128. The minimum Gasteiger partial charge on any atom is -0.492 e. The van der Waals surface area contributed by atoms with Gasteiger partial charge in [-0.05, 0) is 36.8 Å². The first-order chi connectivity index (χ1) is 14.6. The number of hydrogen-bond donors (Lipinski definition) is 1. The Morgan fingerprint density at radius 2 is 1.87 bits per heavy atom. The van der Waals surface area contributed by atoms with E-state index in [1.165, 1.54) is 4.90 Å². The Morgan fingerprint density at radius 1 is 1.13 bits per heavy atom. The lowest BCUT2D eigenvalue weighted by Crippen LogP contribution is -2.48. The summed E-state index contributed by atoms with van der Waals surface area (Å²) in [5.74, 6) is 0.590. The largest absolute Gasteiger partial charge is 0.492 e. The summed E-state index contributed by atoms with van der Waals surface area (Å²) in [5.41, 5.74) is 2.42. The molecular formula is C23H28N4O3. The van der Waals surface area contributed by atoms with Crippen LogP contribution in [0.15, 0.2) is 48.5 Å². The summed E-state index contributed by atoms with van der Waals surface area (Å²) in [7, 11) is 0. The molecule has 0 unspecified atom stereocenters. The van der Waals surface area contributed by atoms with Crippen molar-refractivity contribution in [3.8, 4) is 11.8 Å². The van der Waals surface area contributed by atoms with Gasteiger partial charge >= 0.3 is 6.09 Å². The zero-order valence-corrected chi connectivity index (χ0v) is 17.3. The Labute approximate surface area is 177 Å². The van der Waals surface area contributed by atoms with Gasteiger partial charge in [-0.15, -0.1) is 0 Å². The molecule has 0 bridgehead atoms. The van der Waals surface area contributed by atoms with Crippen LogP contribution in [0.25, 0.3) is 0 Å². The zero-order chi connectivity index (χ0) is 21.3. The molecular weight excluding hydrogens is 380 g/mol. The maximum Gasteiger partial charge on any atom is 0.411 e. The van der Waals surface area contributed by atoms with Gasteiger partial charge in [0.2, 0.25) is 0 Å². The minimum atomic E-state index is -0.974. The smallest absolute Gasteiger partial charge is 0.411 e. The van der Waals surface area contributed by atoms with E-state index in [4.69, 9.17) is 10.00 Å². The van der Waals surface area contributed by atoms with Crippen LogP contribution in [0, 0.1) is 11.3 Å². The van der Waals surface area contributed by atoms with E-state index in [2.05, 4.69) is 15.9 Å². The van der Waals surface area contributed by atoms with Crippen LogP contribution < -0.4 is 9.64 Å². The van der Waals surface area contributed by atoms with Crippen molar-refractivity contribution in [3.05, 3.63) is 59.7 Å². The van der Waals surface area contributed by atoms with Gasteiger partial charge in [0.1, 0.15) is 5.75 Å². The highest BCUT2D eigenvalue weighted by atomic mass is 16.5. The van der Waals surface area contributed by atoms with Gasteiger partial charge in [0, 0.05) is 45.8 Å². The summed E-state index contributed by atoms with van der Waals surface area (Å²) in [5, 5.41) is 18.8. The molecule has 0 radical (unpaired) electrons. The number of carbonyl (C=O) groups is 1. The van der Waals surface area contributed by atoms with E-state index in [1.807, 2.05) is 43.3 Å². The Morgan fingerprint density at radius 3 is 2.57 bits per heavy atom. The van der Waals surface area contributed by atoms with Crippen molar-refractivity contribution in [2.24, 2.45) is 0 Å². The maximum atomic E-state index is 11.9. The van der Waals surface area contributed by atoms with Crippen molar-refractivity contribution >= 4 is 11.8 Å². The molecule has 0 saturated carbocycles. The Balaban J connectivity index is 1.53. The molecule has 1 amide bonds. The van der Waals surface area contributed by atoms with Crippen molar-refractivity contribution in [1.82, 2.24) is 9.80 Å². The van der Waals surface area contributed by atoms with Gasteiger partial charge in [0.25, 0.3) is 0 Å². The number of piperazine rings is 1. The molecule has 2 aromatic carbocycles. The first kappa shape index (κ1) is 21.6. The van der Waals surface area contributed by atoms with Crippen molar-refractivity contribution in [1.29, 1.82) is 5.26 Å². The van der Waals surface area contributed by atoms with E-state index in [-0.39, 0.29) is 0 Å². The summed E-state index contributed by atoms with van der Waals surface area (Å²) in [6, 6.07) is 17.2. The molecule has 7 nitrogen and oxygen atoms in total. The fraction of sp³-hybridized carbons (Fsp3) is 0.391. The van der Waals surface area contributed by atoms with Gasteiger partial charge in [-0.25, -0.2) is 4.79 Å². The molecule has 1 saturated heterocycles. The van der Waals surface area contributed by atoms with Gasteiger partial charge in [-0.2, -0.15) is 5.26 Å². The van der Waals surface area contributed by atoms with Crippen molar-refractivity contribution in [3.63, 3.8) is 0 Å². The molecule has 7 heteroatoms. The monoisotopic (exact) mass is 408 g/mol. The Hall–Kier alpha value is -3.08. The molecule has 158 valence electrons. The lowest BCUT2D eigenvalue weighted by atomic mass is 10.1. The van der Waals surface area contributed by atoms with E-state index < -0.39 is 6.09 Å². The number of anilines is 1. The van der Waals surface area contributed by atoms with E-state index in [9.17, 15) is 9.90 Å². The van der Waals surface area contributed by atoms with Crippen LogP contribution in [0.5, 0.6) is 5.75 Å². The summed E-state index contributed by atoms with van der Waals surface area (Å²) in [4.78, 5) is 17.9. The number of nitriles is 1. The van der Waals surface area contributed by atoms with E-state index in [0.717, 1.165) is 38.3 Å². The molecule has 30 heavy (non-hydrogen) atoms. The third kappa shape index (κ3) is 5.72. The number of benzene rings is 2. The fourth-order valence-corrected chi connectivity index (χ4v) is 3.69. The van der Waals surface area contributed by atoms with Gasteiger partial charge in [-0.1, -0.05) is 24.3 Å². The lowest BCUT2D eigenvalue weighted by Gasteiger charge is -2.35. The molecule has 1 aliphatic heterocycles. The summed E-state index contributed by atoms with van der Waals surface area (Å²) >= 11 is 0. The molecule has 0 aromatic heterocycles. The average Bonchev–Trinajstić information content (AvgIpc) is 2.76. The van der Waals surface area contributed by atoms with Crippen LogP contribution in [0.3, 0.4) is 0 Å². The van der Waals surface area contributed by atoms with Crippen LogP contribution in [0.1, 0.15) is 18.1 Å². The van der Waals surface area contributed by atoms with Gasteiger partial charge in [0.05, 0.1) is 23.9 Å². The van der Waals surface area contributed by atoms with Crippen LogP contribution in [-0.4, -0.2) is 66.9 Å². The van der Waals surface area contributed by atoms with Crippen molar-refractivity contribution in [2.75, 3.05) is 50.8 Å². The third-order valence-corrected chi connectivity index (χ3v) is 5.25. The number of nitrogens with zero attached hydrogens (tertiary/aromatic N) is 4. The molecule has 1 aliphatic rings. The number of hydrogen-bond acceptors (Lipinski definition) is 5. The second kappa shape index (κ2) is 10.6. The number of carboxylic acid groups (broad SMARTS) is 1. The first-order valence-electron chi connectivity index (χ1n) is 10.3. The minimum absolute atomic E-state index is 0.392. The number of amides is 1. The Bertz CT molecular complexity index is 888. The first-order valence-corrected chi connectivity index (χ1v) is 10.3. The highest BCUT2D eigenvalue weighted by Gasteiger charge is 2.22. The number of ether oxygens (including phenoxy) is 1. The fourth-order valence-electron chi connectivity index (χ4n) is 3.69. The predicted octanol–water partition coefficient (Wildman–Crippen LogP) is 3.26. The van der Waals surface area contributed by atoms with Gasteiger partial charge in [-0.3, -0.25) is 14.7 Å². The second-order valence-electron chi connectivity index (χ2n) is 7.26. The molecule has 1 fully saturated rings. The summed E-state index contributed by atoms with van der Waals surface area (Å²) in [6.45, 7) is 7.87. The molecule has 3 rings (SSSR count). The van der Waals surface area contributed by atoms with Crippen LogP contribution in [0.4, 0.5) is 10.5 Å². The molecule has 0 aliphatic carbocycles. The highest BCUT2D eigenvalue weighted by molar-refractivity contribution is 5.88. The number of rotatable bonds is 8. The van der Waals surface area contributed by atoms with Gasteiger partial charge in [0.15, 0.2) is 0 Å². The van der Waals surface area contributed by atoms with E-state index in [1.54, 1.807) is 12.1 Å². The SMILES string of the molecule is CCOc1ccccc1N(CCN1CCN(Cc2cccc(C#N)c2)CC1)C(=O)O. The predicted molar refractivity (Wildman–Crippen MR) is 116 cm³/mol. The maximum absolute atomic E-state index is 11.9. The summed E-state index contributed by atoms with van der Waals surface area (Å²) < 4.78 is 5.60.